The van der Waals surface area contributed by atoms with Gasteiger partial charge in [0.05, 0.1) is 0 Å². The fourth-order valence-corrected chi connectivity index (χ4v) is 2.23. The topological polar surface area (TPSA) is 29.1 Å². The summed E-state index contributed by atoms with van der Waals surface area (Å²) in [4.78, 5) is 12.8. The maximum atomic E-state index is 11.5. The lowest BCUT2D eigenvalue weighted by Gasteiger charge is -2.05. The second-order valence-corrected chi connectivity index (χ2v) is 4.82. The van der Waals surface area contributed by atoms with E-state index in [9.17, 15) is 4.79 Å². The largest absolute Gasteiger partial charge is 0.380 e. The molecule has 1 aromatic carbocycles. The monoisotopic (exact) mass is 245 g/mol. The average molecular weight is 245 g/mol. The fraction of sp³-hybridized carbons (Fsp3) is 0.214. The van der Waals surface area contributed by atoms with Crippen LogP contribution in [-0.2, 0) is 6.54 Å². The van der Waals surface area contributed by atoms with Gasteiger partial charge in [-0.3, -0.25) is 4.79 Å². The van der Waals surface area contributed by atoms with Gasteiger partial charge in [0.2, 0.25) is 0 Å². The van der Waals surface area contributed by atoms with Crippen molar-refractivity contribution in [2.45, 2.75) is 19.9 Å². The lowest BCUT2D eigenvalue weighted by molar-refractivity contribution is 0.0988. The highest BCUT2D eigenvalue weighted by atomic mass is 32.1. The first kappa shape index (κ1) is 11.9. The number of carbonyl (C=O) groups excluding carboxylic acids is 1. The molecule has 0 saturated carbocycles. The predicted octanol–water partition coefficient (Wildman–Crippen LogP) is 3.95. The highest BCUT2D eigenvalue weighted by Gasteiger charge is 2.02. The molecule has 0 aliphatic heterocycles. The zero-order valence-electron chi connectivity index (χ0n) is 9.77. The van der Waals surface area contributed by atoms with Crippen LogP contribution in [0.2, 0.25) is 0 Å². The minimum absolute atomic E-state index is 0.190. The molecule has 1 heterocycles. The van der Waals surface area contributed by atoms with Crippen molar-refractivity contribution in [1.29, 1.82) is 0 Å². The number of Topliss-reactive ketones (excluding diaryl/α,β-unsaturated/α-hetero) is 1. The minimum Gasteiger partial charge on any atom is -0.380 e. The van der Waals surface area contributed by atoms with E-state index in [0.29, 0.717) is 6.42 Å². The Morgan fingerprint density at radius 2 is 2.00 bits per heavy atom. The van der Waals surface area contributed by atoms with Gasteiger partial charge >= 0.3 is 0 Å². The van der Waals surface area contributed by atoms with Crippen molar-refractivity contribution in [3.8, 4) is 0 Å². The third-order valence-corrected chi connectivity index (χ3v) is 3.45. The van der Waals surface area contributed by atoms with Gasteiger partial charge < -0.3 is 5.32 Å². The Kier molecular flexibility index (Phi) is 3.94. The Labute approximate surface area is 105 Å². The van der Waals surface area contributed by atoms with Crippen molar-refractivity contribution in [2.75, 3.05) is 5.32 Å². The van der Waals surface area contributed by atoms with E-state index in [-0.39, 0.29) is 5.78 Å². The summed E-state index contributed by atoms with van der Waals surface area (Å²) >= 11 is 1.74. The zero-order chi connectivity index (χ0) is 12.1. The van der Waals surface area contributed by atoms with Crippen LogP contribution in [0.25, 0.3) is 0 Å². The molecule has 3 heteroatoms. The average Bonchev–Trinajstić information content (AvgIpc) is 2.89. The van der Waals surface area contributed by atoms with Crippen LogP contribution in [0, 0.1) is 0 Å². The quantitative estimate of drug-likeness (QED) is 0.808. The van der Waals surface area contributed by atoms with Gasteiger partial charge in [-0.25, -0.2) is 0 Å². The Morgan fingerprint density at radius 1 is 1.24 bits per heavy atom. The summed E-state index contributed by atoms with van der Waals surface area (Å²) in [5.41, 5.74) is 1.83. The molecule has 0 fully saturated rings. The van der Waals surface area contributed by atoms with Gasteiger partial charge in [0, 0.05) is 29.1 Å². The van der Waals surface area contributed by atoms with E-state index >= 15 is 0 Å². The number of anilines is 1. The Hall–Kier alpha value is -1.61. The third kappa shape index (κ3) is 3.17. The molecule has 2 aromatic rings. The molecule has 17 heavy (non-hydrogen) atoms. The number of hydrogen-bond donors (Lipinski definition) is 1. The van der Waals surface area contributed by atoms with E-state index in [1.165, 1.54) is 4.88 Å². The van der Waals surface area contributed by atoms with Gasteiger partial charge in [-0.05, 0) is 35.7 Å². The van der Waals surface area contributed by atoms with Crippen molar-refractivity contribution in [2.24, 2.45) is 0 Å². The van der Waals surface area contributed by atoms with Crippen molar-refractivity contribution in [1.82, 2.24) is 0 Å². The summed E-state index contributed by atoms with van der Waals surface area (Å²) < 4.78 is 0. The zero-order valence-corrected chi connectivity index (χ0v) is 10.6. The van der Waals surface area contributed by atoms with E-state index < -0.39 is 0 Å². The summed E-state index contributed by atoms with van der Waals surface area (Å²) in [6.07, 6.45) is 0.558. The molecule has 0 atom stereocenters. The predicted molar refractivity (Wildman–Crippen MR) is 72.7 cm³/mol. The van der Waals surface area contributed by atoms with Crippen LogP contribution < -0.4 is 5.32 Å². The minimum atomic E-state index is 0.190. The number of ketones is 1. The number of thiophene rings is 1. The van der Waals surface area contributed by atoms with E-state index in [0.717, 1.165) is 17.8 Å². The Balaban J connectivity index is 1.96. The fourth-order valence-electron chi connectivity index (χ4n) is 1.58. The van der Waals surface area contributed by atoms with E-state index in [4.69, 9.17) is 0 Å². The number of rotatable bonds is 5. The van der Waals surface area contributed by atoms with Gasteiger partial charge in [0.15, 0.2) is 5.78 Å². The molecule has 1 N–H and O–H groups in total. The molecule has 2 rings (SSSR count). The van der Waals surface area contributed by atoms with Gasteiger partial charge in [-0.2, -0.15) is 0 Å². The molecule has 0 saturated heterocycles. The summed E-state index contributed by atoms with van der Waals surface area (Å²) in [7, 11) is 0. The lowest BCUT2D eigenvalue weighted by Crippen LogP contribution is -1.99. The summed E-state index contributed by atoms with van der Waals surface area (Å²) in [6.45, 7) is 2.71. The van der Waals surface area contributed by atoms with Crippen LogP contribution in [0.1, 0.15) is 28.6 Å². The first-order chi connectivity index (χ1) is 8.29. The van der Waals surface area contributed by atoms with Crippen molar-refractivity contribution < 1.29 is 4.79 Å². The molecule has 0 spiro atoms. The van der Waals surface area contributed by atoms with Crippen LogP contribution in [-0.4, -0.2) is 5.78 Å². The second-order valence-electron chi connectivity index (χ2n) is 3.79. The van der Waals surface area contributed by atoms with Crippen molar-refractivity contribution in [3.63, 3.8) is 0 Å². The summed E-state index contributed by atoms with van der Waals surface area (Å²) in [5.74, 6) is 0.190. The first-order valence-electron chi connectivity index (χ1n) is 5.69. The lowest BCUT2D eigenvalue weighted by atomic mass is 10.1. The Morgan fingerprint density at radius 3 is 2.59 bits per heavy atom. The van der Waals surface area contributed by atoms with Gasteiger partial charge in [-0.1, -0.05) is 13.0 Å². The maximum Gasteiger partial charge on any atom is 0.162 e. The molecule has 2 nitrogen and oxygen atoms in total. The van der Waals surface area contributed by atoms with E-state index in [1.54, 1.807) is 11.3 Å². The Bertz CT molecular complexity index is 473. The molecular formula is C14H15NOS. The standard InChI is InChI=1S/C14H15NOS/c1-2-14(16)11-5-7-12(8-6-11)15-10-13-4-3-9-17-13/h3-9,15H,2,10H2,1H3. The second kappa shape index (κ2) is 5.64. The normalized spacial score (nSPS) is 10.2. The number of benzene rings is 1. The van der Waals surface area contributed by atoms with E-state index in [1.807, 2.05) is 37.3 Å². The maximum absolute atomic E-state index is 11.5. The van der Waals surface area contributed by atoms with Crippen molar-refractivity contribution in [3.05, 3.63) is 52.2 Å². The molecule has 0 radical (unpaired) electrons. The third-order valence-electron chi connectivity index (χ3n) is 2.57. The van der Waals surface area contributed by atoms with Crippen LogP contribution in [0.3, 0.4) is 0 Å². The number of nitrogens with one attached hydrogen (secondary N) is 1. The molecule has 0 amide bonds. The molecular weight excluding hydrogens is 230 g/mol. The molecule has 0 aliphatic rings. The van der Waals surface area contributed by atoms with Gasteiger partial charge in [0.1, 0.15) is 0 Å². The molecule has 1 aromatic heterocycles. The van der Waals surface area contributed by atoms with Gasteiger partial charge in [0.25, 0.3) is 0 Å². The van der Waals surface area contributed by atoms with Crippen LogP contribution >= 0.6 is 11.3 Å². The smallest absolute Gasteiger partial charge is 0.162 e. The summed E-state index contributed by atoms with van der Waals surface area (Å²) in [5, 5.41) is 5.40. The number of hydrogen-bond acceptors (Lipinski definition) is 3. The van der Waals surface area contributed by atoms with Crippen LogP contribution in [0.5, 0.6) is 0 Å². The highest BCUT2D eigenvalue weighted by Crippen LogP contribution is 2.14. The van der Waals surface area contributed by atoms with Crippen LogP contribution in [0.4, 0.5) is 5.69 Å². The van der Waals surface area contributed by atoms with E-state index in [2.05, 4.69) is 16.8 Å². The number of carbonyl (C=O) groups is 1. The van der Waals surface area contributed by atoms with Crippen LogP contribution in [0.15, 0.2) is 41.8 Å². The molecule has 0 unspecified atom stereocenters. The SMILES string of the molecule is CCC(=O)c1ccc(NCc2cccs2)cc1. The molecule has 0 bridgehead atoms. The molecule has 0 aliphatic carbocycles. The highest BCUT2D eigenvalue weighted by molar-refractivity contribution is 7.09. The van der Waals surface area contributed by atoms with Crippen molar-refractivity contribution >= 4 is 22.8 Å². The summed E-state index contributed by atoms with van der Waals surface area (Å²) in [6, 6.07) is 11.8. The molecule has 88 valence electrons. The first-order valence-corrected chi connectivity index (χ1v) is 6.57. The van der Waals surface area contributed by atoms with Gasteiger partial charge in [-0.15, -0.1) is 11.3 Å².